The van der Waals surface area contributed by atoms with Crippen molar-refractivity contribution in [1.82, 2.24) is 10.3 Å². The molecule has 7 N–H and O–H groups in total. The Labute approximate surface area is 255 Å². The highest BCUT2D eigenvalue weighted by Crippen LogP contribution is 2.32. The summed E-state index contributed by atoms with van der Waals surface area (Å²) in [6, 6.07) is 29.8. The molecule has 4 aromatic carbocycles. The van der Waals surface area contributed by atoms with Gasteiger partial charge in [0.05, 0.1) is 7.11 Å². The number of ether oxygens (including phenoxy) is 2. The minimum absolute atomic E-state index is 0.0166. The average molecular weight is 594 g/mol. The normalized spacial score (nSPS) is 11.0. The van der Waals surface area contributed by atoms with E-state index in [2.05, 4.69) is 21.7 Å². The van der Waals surface area contributed by atoms with E-state index < -0.39 is 12.0 Å². The predicted molar refractivity (Wildman–Crippen MR) is 171 cm³/mol. The highest BCUT2D eigenvalue weighted by molar-refractivity contribution is 5.95. The number of aromatic amines is 1. The molecule has 0 saturated carbocycles. The number of amidine groups is 1. The first-order chi connectivity index (χ1) is 21.2. The summed E-state index contributed by atoms with van der Waals surface area (Å²) in [5.41, 5.74) is 10.7. The molecule has 1 unspecified atom stereocenters. The Morgan fingerprint density at radius 2 is 1.66 bits per heavy atom. The fraction of sp³-hybridized carbons (Fsp3) is 0.147. The van der Waals surface area contributed by atoms with Crippen molar-refractivity contribution in [3.63, 3.8) is 0 Å². The second-order valence-corrected chi connectivity index (χ2v) is 9.89. The first-order valence-corrected chi connectivity index (χ1v) is 13.8. The van der Waals surface area contributed by atoms with Crippen LogP contribution in [0.15, 0.2) is 103 Å². The number of nitrogens with one attached hydrogen (secondary N) is 4. The SMILES string of the molecule is CC(=O)O.COc1cc(C(Nc2ccc(C(=N)N)cc2)C(=O)NCc2ccccc2)ccc1OCc1ccc2[nH]ccc2c1. The number of fused-ring (bicyclic) bond motifs is 1. The van der Waals surface area contributed by atoms with E-state index in [1.165, 1.54) is 0 Å². The van der Waals surface area contributed by atoms with Gasteiger partial charge < -0.3 is 35.9 Å². The molecule has 0 spiro atoms. The number of hydrogen-bond acceptors (Lipinski definition) is 6. The molecular formula is C34H35N5O5. The monoisotopic (exact) mass is 593 g/mol. The number of aliphatic carboxylic acids is 1. The van der Waals surface area contributed by atoms with Gasteiger partial charge in [-0.25, -0.2) is 0 Å². The number of hydrogen-bond donors (Lipinski definition) is 6. The number of carbonyl (C=O) groups is 2. The number of methoxy groups -OCH3 is 1. The third kappa shape index (κ3) is 8.62. The molecule has 0 saturated heterocycles. The molecular weight excluding hydrogens is 558 g/mol. The Hall–Kier alpha value is -5.77. The standard InChI is InChI=1S/C32H31N5O3.C2H4O2/c1-39-29-18-25(10-14-28(29)40-20-22-7-13-27-24(17-22)15-16-35-27)30(32(38)36-19-21-5-3-2-4-6-21)37-26-11-8-23(9-12-26)31(33)34;1-2(3)4/h2-18,30,35,37H,19-20H2,1H3,(H3,33,34)(H,36,38);1H3,(H,3,4). The van der Waals surface area contributed by atoms with Crippen LogP contribution in [0.1, 0.15) is 35.2 Å². The number of nitrogen functional groups attached to an aromatic ring is 1. The number of benzene rings is 4. The molecule has 10 nitrogen and oxygen atoms in total. The molecule has 0 aliphatic heterocycles. The van der Waals surface area contributed by atoms with Crippen molar-refractivity contribution < 1.29 is 24.2 Å². The van der Waals surface area contributed by atoms with E-state index in [1.807, 2.05) is 72.9 Å². The third-order valence-electron chi connectivity index (χ3n) is 6.61. The second-order valence-electron chi connectivity index (χ2n) is 9.89. The number of carbonyl (C=O) groups excluding carboxylic acids is 1. The van der Waals surface area contributed by atoms with Crippen LogP contribution in [0.5, 0.6) is 11.5 Å². The first-order valence-electron chi connectivity index (χ1n) is 13.8. The molecule has 226 valence electrons. The van der Waals surface area contributed by atoms with E-state index in [4.69, 9.17) is 30.5 Å². The van der Waals surface area contributed by atoms with E-state index >= 15 is 0 Å². The van der Waals surface area contributed by atoms with Crippen LogP contribution in [-0.2, 0) is 22.7 Å². The summed E-state index contributed by atoms with van der Waals surface area (Å²) >= 11 is 0. The van der Waals surface area contributed by atoms with Crippen LogP contribution in [0.25, 0.3) is 10.9 Å². The van der Waals surface area contributed by atoms with Crippen molar-refractivity contribution in [2.75, 3.05) is 12.4 Å². The summed E-state index contributed by atoms with van der Waals surface area (Å²) < 4.78 is 11.8. The van der Waals surface area contributed by atoms with E-state index in [0.29, 0.717) is 41.5 Å². The Morgan fingerprint density at radius 3 is 2.34 bits per heavy atom. The van der Waals surface area contributed by atoms with Crippen LogP contribution in [0.2, 0.25) is 0 Å². The van der Waals surface area contributed by atoms with Crippen molar-refractivity contribution in [2.45, 2.75) is 26.1 Å². The van der Waals surface area contributed by atoms with Gasteiger partial charge in [-0.1, -0.05) is 42.5 Å². The van der Waals surface area contributed by atoms with Crippen molar-refractivity contribution in [3.8, 4) is 11.5 Å². The third-order valence-corrected chi connectivity index (χ3v) is 6.61. The van der Waals surface area contributed by atoms with E-state index in [-0.39, 0.29) is 11.7 Å². The number of rotatable bonds is 11. The van der Waals surface area contributed by atoms with Crippen LogP contribution in [0.4, 0.5) is 5.69 Å². The Balaban J connectivity index is 0.00000104. The number of nitrogens with two attached hydrogens (primary N) is 1. The molecule has 1 amide bonds. The molecule has 5 rings (SSSR count). The van der Waals surface area contributed by atoms with Gasteiger partial charge in [0.1, 0.15) is 18.5 Å². The molecule has 44 heavy (non-hydrogen) atoms. The summed E-state index contributed by atoms with van der Waals surface area (Å²) in [7, 11) is 1.58. The quantitative estimate of drug-likeness (QED) is 0.0858. The molecule has 10 heteroatoms. The minimum atomic E-state index is -0.833. The van der Waals surface area contributed by atoms with Crippen molar-refractivity contribution in [1.29, 1.82) is 5.41 Å². The van der Waals surface area contributed by atoms with Crippen molar-refractivity contribution >= 4 is 34.3 Å². The molecule has 1 heterocycles. The Morgan fingerprint density at radius 1 is 0.932 bits per heavy atom. The highest BCUT2D eigenvalue weighted by Gasteiger charge is 2.22. The highest BCUT2D eigenvalue weighted by atomic mass is 16.5. The zero-order chi connectivity index (χ0) is 31.5. The summed E-state index contributed by atoms with van der Waals surface area (Å²) in [4.78, 5) is 25.7. The number of amides is 1. The lowest BCUT2D eigenvalue weighted by Gasteiger charge is -2.22. The van der Waals surface area contributed by atoms with Crippen LogP contribution in [0.3, 0.4) is 0 Å². The maximum absolute atomic E-state index is 13.5. The molecule has 0 aliphatic rings. The lowest BCUT2D eigenvalue weighted by atomic mass is 10.0. The lowest BCUT2D eigenvalue weighted by molar-refractivity contribution is -0.134. The summed E-state index contributed by atoms with van der Waals surface area (Å²) in [6.07, 6.45) is 1.91. The van der Waals surface area contributed by atoms with Crippen molar-refractivity contribution in [3.05, 3.63) is 126 Å². The zero-order valence-corrected chi connectivity index (χ0v) is 24.5. The number of anilines is 1. The molecule has 0 fully saturated rings. The zero-order valence-electron chi connectivity index (χ0n) is 24.5. The number of H-pyrrole nitrogens is 1. The van der Waals surface area contributed by atoms with Crippen LogP contribution in [-0.4, -0.2) is 34.9 Å². The summed E-state index contributed by atoms with van der Waals surface area (Å²) in [5, 5.41) is 22.5. The molecule has 0 bridgehead atoms. The van der Waals surface area contributed by atoms with Gasteiger partial charge in [0.2, 0.25) is 5.91 Å². The number of aromatic nitrogens is 1. The number of carboxylic acids is 1. The summed E-state index contributed by atoms with van der Waals surface area (Å²) in [6.45, 7) is 1.85. The topological polar surface area (TPSA) is 163 Å². The number of carboxylic acid groups (broad SMARTS) is 1. The van der Waals surface area contributed by atoms with Crippen molar-refractivity contribution in [2.24, 2.45) is 5.73 Å². The average Bonchev–Trinajstić information content (AvgIpc) is 3.50. The Bertz CT molecular complexity index is 1710. The maximum atomic E-state index is 13.5. The maximum Gasteiger partial charge on any atom is 0.300 e. The predicted octanol–water partition coefficient (Wildman–Crippen LogP) is 5.60. The molecule has 1 atom stereocenters. The minimum Gasteiger partial charge on any atom is -0.493 e. The van der Waals surface area contributed by atoms with Crippen LogP contribution < -0.4 is 25.8 Å². The second kappa shape index (κ2) is 14.9. The fourth-order valence-corrected chi connectivity index (χ4v) is 4.44. The van der Waals surface area contributed by atoms with Gasteiger partial charge in [-0.3, -0.25) is 15.0 Å². The van der Waals surface area contributed by atoms with Gasteiger partial charge >= 0.3 is 0 Å². The summed E-state index contributed by atoms with van der Waals surface area (Å²) in [5.74, 6) is 0.0524. The first kappa shape index (κ1) is 31.2. The van der Waals surface area contributed by atoms with Gasteiger partial charge in [0.15, 0.2) is 11.5 Å². The van der Waals surface area contributed by atoms with E-state index in [1.54, 1.807) is 31.4 Å². The lowest BCUT2D eigenvalue weighted by Crippen LogP contribution is -2.33. The van der Waals surface area contributed by atoms with E-state index in [9.17, 15) is 4.79 Å². The van der Waals surface area contributed by atoms with E-state index in [0.717, 1.165) is 29.0 Å². The smallest absolute Gasteiger partial charge is 0.300 e. The van der Waals surface area contributed by atoms with Gasteiger partial charge in [-0.2, -0.15) is 0 Å². The van der Waals surface area contributed by atoms with Crippen LogP contribution in [0, 0.1) is 5.41 Å². The fourth-order valence-electron chi connectivity index (χ4n) is 4.44. The Kier molecular flexibility index (Phi) is 10.6. The van der Waals surface area contributed by atoms with Gasteiger partial charge in [0, 0.05) is 36.4 Å². The van der Waals surface area contributed by atoms with Crippen LogP contribution >= 0.6 is 0 Å². The van der Waals surface area contributed by atoms with Gasteiger partial charge in [0.25, 0.3) is 5.97 Å². The molecule has 0 aliphatic carbocycles. The van der Waals surface area contributed by atoms with Gasteiger partial charge in [-0.15, -0.1) is 0 Å². The largest absolute Gasteiger partial charge is 0.493 e. The molecule has 1 aromatic heterocycles. The molecule has 5 aromatic rings. The van der Waals surface area contributed by atoms with Gasteiger partial charge in [-0.05, 0) is 76.7 Å². The molecule has 0 radical (unpaired) electrons.